The number of piperazine rings is 1. The smallest absolute Gasteiger partial charge is 0.414 e. The van der Waals surface area contributed by atoms with E-state index in [-0.39, 0.29) is 42.8 Å². The van der Waals surface area contributed by atoms with Crippen molar-refractivity contribution in [2.45, 2.75) is 45.0 Å². The van der Waals surface area contributed by atoms with Crippen LogP contribution in [0.1, 0.15) is 59.0 Å². The van der Waals surface area contributed by atoms with Crippen LogP contribution in [0, 0.1) is 10.8 Å². The van der Waals surface area contributed by atoms with Crippen LogP contribution in [-0.4, -0.2) is 143 Å². The van der Waals surface area contributed by atoms with Gasteiger partial charge in [0.05, 0.1) is 25.8 Å². The van der Waals surface area contributed by atoms with Gasteiger partial charge < -0.3 is 29.7 Å². The lowest BCUT2D eigenvalue weighted by molar-refractivity contribution is -0.155. The molecule has 0 bridgehead atoms. The minimum absolute atomic E-state index is 0.0170. The summed E-state index contributed by atoms with van der Waals surface area (Å²) in [6.45, 7) is 10.6. The van der Waals surface area contributed by atoms with Gasteiger partial charge >= 0.3 is 18.2 Å². The number of amides is 4. The first-order valence-electron chi connectivity index (χ1n) is 24.7. The van der Waals surface area contributed by atoms with E-state index in [4.69, 9.17) is 29.2 Å². The summed E-state index contributed by atoms with van der Waals surface area (Å²) in [5, 5.41) is 25.5. The molecule has 3 aliphatic heterocycles. The number of hydrogen-bond donors (Lipinski definition) is 4. The average Bonchev–Trinajstić information content (AvgIpc) is 3.97. The Morgan fingerprint density at radius 3 is 1.53 bits per heavy atom. The van der Waals surface area contributed by atoms with E-state index in [2.05, 4.69) is 20.4 Å². The largest absolute Gasteiger partial charge is 0.460 e. The van der Waals surface area contributed by atoms with Crippen molar-refractivity contribution in [1.82, 2.24) is 20.4 Å². The molecule has 0 saturated carbocycles. The number of carbonyl (C=O) groups excluding carboxylic acids is 5. The maximum atomic E-state index is 12.9. The minimum atomic E-state index is -3.64. The number of hydrogen-bond acceptors (Lipinski definition) is 15. The third-order valence-corrected chi connectivity index (χ3v) is 13.2. The van der Waals surface area contributed by atoms with Crippen molar-refractivity contribution in [3.63, 3.8) is 0 Å². The fourth-order valence-corrected chi connectivity index (χ4v) is 9.34. The summed E-state index contributed by atoms with van der Waals surface area (Å²) in [6, 6.07) is 39.5. The summed E-state index contributed by atoms with van der Waals surface area (Å²) >= 11 is 0. The van der Waals surface area contributed by atoms with Gasteiger partial charge in [-0.1, -0.05) is 72.8 Å². The highest BCUT2D eigenvalue weighted by molar-refractivity contribution is 7.86. The second kappa shape index (κ2) is 23.7. The Morgan fingerprint density at radius 1 is 0.618 bits per heavy atom. The summed E-state index contributed by atoms with van der Waals surface area (Å²) in [7, 11) is -3.64. The van der Waals surface area contributed by atoms with Crippen LogP contribution < -0.4 is 20.4 Å². The number of nitrogens with one attached hydrogen (secondary N) is 4. The molecule has 6 aromatic rings. The number of anilines is 2. The molecule has 20 heteroatoms. The molecule has 3 saturated heterocycles. The molecule has 3 fully saturated rings. The van der Waals surface area contributed by atoms with E-state index in [1.807, 2.05) is 87.5 Å². The average molecular weight is 1050 g/mol. The zero-order valence-electron chi connectivity index (χ0n) is 42.6. The van der Waals surface area contributed by atoms with E-state index in [9.17, 15) is 32.4 Å². The van der Waals surface area contributed by atoms with Gasteiger partial charge in [-0.3, -0.25) is 44.1 Å². The van der Waals surface area contributed by atoms with Crippen molar-refractivity contribution in [1.29, 1.82) is 10.8 Å². The number of nitrogens with zero attached hydrogens (tertiary/aromatic N) is 4. The number of ether oxygens (including phenoxy) is 3. The molecule has 6 aromatic carbocycles. The van der Waals surface area contributed by atoms with Crippen molar-refractivity contribution in [3.8, 4) is 0 Å². The first kappa shape index (κ1) is 54.2. The monoisotopic (exact) mass is 1050 g/mol. The van der Waals surface area contributed by atoms with Crippen LogP contribution in [0.4, 0.5) is 21.0 Å². The predicted molar refractivity (Wildman–Crippen MR) is 289 cm³/mol. The number of carbonyl (C=O) groups is 5. The zero-order valence-corrected chi connectivity index (χ0v) is 43.4. The van der Waals surface area contributed by atoms with Crippen LogP contribution in [-0.2, 0) is 33.3 Å². The standard InChI is InChI=1S/C33H39N5O5.C23H21N3O6S/c1-33(2,3)43-29(39)15-16-36-17-19-37(20-18-36)21-26-22-38(32(41)42-26)25-13-11-24(12-14-25)30(34)35-31(40)28-10-6-8-23-7-4-5-9-27(23)28;1-33(29,30)31-14-18-13-26(23(28)32-18)17-11-9-16(10-12-17)21(24)25-22(27)20-8-4-6-15-5-2-3-7-19(15)20/h4-14,26H,15-22H2,1-3H3,(H2,34,35,40);2-12,18H,13-14H2,1H3,(H2,24,25,27). The molecule has 76 heavy (non-hydrogen) atoms. The van der Waals surface area contributed by atoms with Crippen molar-refractivity contribution < 1.29 is 50.8 Å². The molecule has 0 spiro atoms. The van der Waals surface area contributed by atoms with Gasteiger partial charge in [0.1, 0.15) is 36.1 Å². The molecule has 3 aliphatic rings. The number of benzene rings is 6. The van der Waals surface area contributed by atoms with Gasteiger partial charge in [-0.15, -0.1) is 0 Å². The van der Waals surface area contributed by atoms with Gasteiger partial charge in [0, 0.05) is 72.9 Å². The third-order valence-electron chi connectivity index (χ3n) is 12.7. The first-order valence-corrected chi connectivity index (χ1v) is 26.5. The first-order chi connectivity index (χ1) is 36.3. The summed E-state index contributed by atoms with van der Waals surface area (Å²) in [5.74, 6) is -1.01. The van der Waals surface area contributed by atoms with E-state index >= 15 is 0 Å². The Morgan fingerprint density at radius 2 is 1.05 bits per heavy atom. The number of esters is 1. The van der Waals surface area contributed by atoms with Crippen LogP contribution in [0.15, 0.2) is 133 Å². The quantitative estimate of drug-likeness (QED) is 0.0279. The molecule has 396 valence electrons. The van der Waals surface area contributed by atoms with Crippen LogP contribution in [0.3, 0.4) is 0 Å². The van der Waals surface area contributed by atoms with E-state index in [1.165, 1.54) is 4.90 Å². The van der Waals surface area contributed by atoms with Gasteiger partial charge in [-0.25, -0.2) is 9.59 Å². The minimum Gasteiger partial charge on any atom is -0.460 e. The topological polar surface area (TPSA) is 241 Å². The lowest BCUT2D eigenvalue weighted by Gasteiger charge is -2.35. The Bertz CT molecular complexity index is 3260. The molecule has 0 radical (unpaired) electrons. The van der Waals surface area contributed by atoms with Crippen LogP contribution in [0.2, 0.25) is 0 Å². The van der Waals surface area contributed by atoms with Crippen molar-refractivity contribution in [2.24, 2.45) is 0 Å². The third kappa shape index (κ3) is 14.2. The molecule has 4 amide bonds. The van der Waals surface area contributed by atoms with Gasteiger partial charge in [0.15, 0.2) is 0 Å². The van der Waals surface area contributed by atoms with Crippen LogP contribution in [0.5, 0.6) is 0 Å². The van der Waals surface area contributed by atoms with E-state index in [0.717, 1.165) is 54.0 Å². The molecule has 3 heterocycles. The predicted octanol–water partition coefficient (Wildman–Crippen LogP) is 7.17. The molecule has 0 aromatic heterocycles. The number of rotatable bonds is 14. The van der Waals surface area contributed by atoms with Crippen molar-refractivity contribution >= 4 is 84.7 Å². The van der Waals surface area contributed by atoms with Crippen molar-refractivity contribution in [3.05, 3.63) is 156 Å². The molecule has 2 atom stereocenters. The van der Waals surface area contributed by atoms with Gasteiger partial charge in [0.2, 0.25) is 0 Å². The summed E-state index contributed by atoms with van der Waals surface area (Å²) in [6.07, 6.45) is -0.684. The van der Waals surface area contributed by atoms with Crippen LogP contribution in [0.25, 0.3) is 21.5 Å². The van der Waals surface area contributed by atoms with Crippen molar-refractivity contribution in [2.75, 3.05) is 75.0 Å². The second-order valence-electron chi connectivity index (χ2n) is 19.5. The summed E-state index contributed by atoms with van der Waals surface area (Å²) < 4.78 is 43.2. The Hall–Kier alpha value is -8.04. The molecule has 2 unspecified atom stereocenters. The normalized spacial score (nSPS) is 17.1. The fraction of sp³-hybridized carbons (Fsp3) is 0.304. The van der Waals surface area contributed by atoms with E-state index < -0.39 is 39.9 Å². The zero-order chi connectivity index (χ0) is 54.1. The summed E-state index contributed by atoms with van der Waals surface area (Å²) in [5.41, 5.74) is 2.69. The maximum Gasteiger partial charge on any atom is 0.414 e. The molecule has 0 aliphatic carbocycles. The van der Waals surface area contributed by atoms with Gasteiger partial charge in [-0.2, -0.15) is 8.42 Å². The Balaban J connectivity index is 0.000000209. The molecule has 9 rings (SSSR count). The Labute approximate surface area is 440 Å². The van der Waals surface area contributed by atoms with Gasteiger partial charge in [-0.05, 0) is 103 Å². The lowest BCUT2D eigenvalue weighted by Crippen LogP contribution is -2.49. The fourth-order valence-electron chi connectivity index (χ4n) is 8.94. The van der Waals surface area contributed by atoms with Gasteiger partial charge in [0.25, 0.3) is 21.9 Å². The van der Waals surface area contributed by atoms with Crippen LogP contribution >= 0.6 is 0 Å². The Kier molecular flexibility index (Phi) is 16.9. The highest BCUT2D eigenvalue weighted by atomic mass is 32.2. The molecular weight excluding hydrogens is 993 g/mol. The molecule has 4 N–H and O–H groups in total. The van der Waals surface area contributed by atoms with E-state index in [0.29, 0.717) is 59.7 Å². The molecule has 19 nitrogen and oxygen atoms in total. The lowest BCUT2D eigenvalue weighted by atomic mass is 10.0. The maximum absolute atomic E-state index is 12.9. The number of amidine groups is 2. The second-order valence-corrected chi connectivity index (χ2v) is 21.1. The highest BCUT2D eigenvalue weighted by Crippen LogP contribution is 2.26. The SMILES string of the molecule is CC(C)(C)OC(=O)CCN1CCN(CC2CN(c3ccc(C(=N)NC(=O)c4cccc5ccccc45)cc3)C(=O)O2)CC1.CS(=O)(=O)OCC1CN(c2ccc(C(=N)NC(=O)c3cccc4ccccc34)cc2)C(=O)O1. The number of fused-ring (bicyclic) bond motifs is 2. The van der Waals surface area contributed by atoms with E-state index in [1.54, 1.807) is 71.6 Å². The molecular formula is C56H60N8O11S. The number of cyclic esters (lactones) is 2. The summed E-state index contributed by atoms with van der Waals surface area (Å²) in [4.78, 5) is 70.0. The highest BCUT2D eigenvalue weighted by Gasteiger charge is 2.35.